The molecule has 136 valence electrons. The van der Waals surface area contributed by atoms with Crippen LogP contribution in [0.2, 0.25) is 0 Å². The second-order valence-corrected chi connectivity index (χ2v) is 6.36. The summed E-state index contributed by atoms with van der Waals surface area (Å²) >= 11 is 0. The van der Waals surface area contributed by atoms with Crippen LogP contribution in [0, 0.1) is 0 Å². The molecule has 25 heavy (non-hydrogen) atoms. The minimum absolute atomic E-state index is 0.00905. The molecule has 0 bridgehead atoms. The van der Waals surface area contributed by atoms with Crippen molar-refractivity contribution in [3.05, 3.63) is 32.6 Å². The maximum atomic E-state index is 12.9. The normalized spacial score (nSPS) is 20.8. The van der Waals surface area contributed by atoms with E-state index in [1.165, 1.54) is 19.0 Å². The van der Waals surface area contributed by atoms with Gasteiger partial charge < -0.3 is 14.5 Å². The molecule has 1 aromatic heterocycles. The Kier molecular flexibility index (Phi) is 4.76. The molecule has 2 aliphatic heterocycles. The van der Waals surface area contributed by atoms with Crippen LogP contribution in [0.1, 0.15) is 23.3 Å². The first-order chi connectivity index (χ1) is 11.9. The Morgan fingerprint density at radius 2 is 1.76 bits per heavy atom. The first kappa shape index (κ1) is 17.4. The van der Waals surface area contributed by atoms with Crippen molar-refractivity contribution in [2.75, 3.05) is 32.8 Å². The predicted octanol–water partition coefficient (Wildman–Crippen LogP) is -1.45. The number of carbonyl (C=O) groups excluding carboxylic acids is 2. The highest BCUT2D eigenvalue weighted by molar-refractivity contribution is 5.96. The topological polar surface area (TPSA) is 93.8 Å². The maximum absolute atomic E-state index is 12.9. The largest absolute Gasteiger partial charge is 0.378 e. The summed E-state index contributed by atoms with van der Waals surface area (Å²) in [4.78, 5) is 52.8. The Bertz CT molecular complexity index is 806. The minimum atomic E-state index is -0.564. The number of nitrogens with zero attached hydrogens (tertiary/aromatic N) is 4. The van der Waals surface area contributed by atoms with E-state index in [4.69, 9.17) is 4.74 Å². The highest BCUT2D eigenvalue weighted by Crippen LogP contribution is 2.22. The van der Waals surface area contributed by atoms with Crippen molar-refractivity contribution < 1.29 is 14.3 Å². The fourth-order valence-corrected chi connectivity index (χ4v) is 3.35. The van der Waals surface area contributed by atoms with Gasteiger partial charge in [-0.2, -0.15) is 0 Å². The van der Waals surface area contributed by atoms with Gasteiger partial charge in [-0.15, -0.1) is 0 Å². The van der Waals surface area contributed by atoms with Gasteiger partial charge in [0, 0.05) is 39.8 Å². The Morgan fingerprint density at radius 3 is 2.44 bits per heavy atom. The SMILES string of the molecule is Cn1c(C(=O)N2CCCC2C(=O)N2CCOCC2)cc(=O)n(C)c1=O. The van der Waals surface area contributed by atoms with Crippen LogP contribution in [0.5, 0.6) is 0 Å². The average molecular weight is 350 g/mol. The van der Waals surface area contributed by atoms with Crippen LogP contribution in [-0.2, 0) is 23.6 Å². The van der Waals surface area contributed by atoms with E-state index >= 15 is 0 Å². The molecule has 9 nitrogen and oxygen atoms in total. The summed E-state index contributed by atoms with van der Waals surface area (Å²) in [6, 6.07) is 0.600. The van der Waals surface area contributed by atoms with Crippen LogP contribution >= 0.6 is 0 Å². The standard InChI is InChI=1S/C16H22N4O5/c1-17-12(10-13(21)18(2)16(17)24)15(23)20-5-3-4-11(20)14(22)19-6-8-25-9-7-19/h10-11H,3-9H2,1-2H3. The van der Waals surface area contributed by atoms with Crippen molar-refractivity contribution in [3.8, 4) is 0 Å². The van der Waals surface area contributed by atoms with Crippen LogP contribution in [-0.4, -0.2) is 69.6 Å². The van der Waals surface area contributed by atoms with Crippen LogP contribution in [0.15, 0.2) is 15.7 Å². The van der Waals surface area contributed by atoms with Gasteiger partial charge >= 0.3 is 5.69 Å². The van der Waals surface area contributed by atoms with Gasteiger partial charge in [-0.25, -0.2) is 4.79 Å². The number of likely N-dealkylation sites (tertiary alicyclic amines) is 1. The molecule has 1 atom stereocenters. The zero-order valence-electron chi connectivity index (χ0n) is 14.4. The number of hydrogen-bond donors (Lipinski definition) is 0. The third kappa shape index (κ3) is 3.11. The third-order valence-corrected chi connectivity index (χ3v) is 4.87. The van der Waals surface area contributed by atoms with E-state index in [0.29, 0.717) is 45.7 Å². The van der Waals surface area contributed by atoms with Crippen LogP contribution in [0.3, 0.4) is 0 Å². The summed E-state index contributed by atoms with van der Waals surface area (Å²) in [5, 5.41) is 0. The minimum Gasteiger partial charge on any atom is -0.378 e. The zero-order valence-corrected chi connectivity index (χ0v) is 14.4. The molecule has 9 heteroatoms. The molecule has 0 radical (unpaired) electrons. The quantitative estimate of drug-likeness (QED) is 0.650. The van der Waals surface area contributed by atoms with E-state index in [2.05, 4.69) is 0 Å². The fourth-order valence-electron chi connectivity index (χ4n) is 3.35. The van der Waals surface area contributed by atoms with Gasteiger partial charge in [0.05, 0.1) is 13.2 Å². The molecular formula is C16H22N4O5. The Hall–Kier alpha value is -2.42. The van der Waals surface area contributed by atoms with Crippen molar-refractivity contribution in [1.82, 2.24) is 18.9 Å². The summed E-state index contributed by atoms with van der Waals surface area (Å²) < 4.78 is 7.35. The second-order valence-electron chi connectivity index (χ2n) is 6.36. The highest BCUT2D eigenvalue weighted by atomic mass is 16.5. The molecule has 2 saturated heterocycles. The molecule has 3 heterocycles. The van der Waals surface area contributed by atoms with E-state index in [-0.39, 0.29) is 11.6 Å². The number of carbonyl (C=O) groups is 2. The summed E-state index contributed by atoms with van der Waals surface area (Å²) in [5.74, 6) is -0.551. The number of amides is 2. The molecule has 2 aliphatic rings. The molecule has 1 aromatic rings. The highest BCUT2D eigenvalue weighted by Gasteiger charge is 2.38. The lowest BCUT2D eigenvalue weighted by Gasteiger charge is -2.32. The molecule has 0 saturated carbocycles. The molecule has 0 N–H and O–H groups in total. The van der Waals surface area contributed by atoms with E-state index < -0.39 is 23.2 Å². The summed E-state index contributed by atoms with van der Waals surface area (Å²) in [5.41, 5.74) is -1.09. The van der Waals surface area contributed by atoms with Gasteiger partial charge in [0.2, 0.25) is 5.91 Å². The van der Waals surface area contributed by atoms with Gasteiger partial charge in [0.15, 0.2) is 0 Å². The van der Waals surface area contributed by atoms with Crippen LogP contribution < -0.4 is 11.2 Å². The van der Waals surface area contributed by atoms with Gasteiger partial charge in [-0.3, -0.25) is 23.5 Å². The van der Waals surface area contributed by atoms with Gasteiger partial charge in [-0.1, -0.05) is 0 Å². The zero-order chi connectivity index (χ0) is 18.1. The number of rotatable bonds is 2. The van der Waals surface area contributed by atoms with Crippen LogP contribution in [0.25, 0.3) is 0 Å². The number of ether oxygens (including phenoxy) is 1. The van der Waals surface area contributed by atoms with E-state index in [0.717, 1.165) is 15.2 Å². The van der Waals surface area contributed by atoms with E-state index in [9.17, 15) is 19.2 Å². The van der Waals surface area contributed by atoms with Gasteiger partial charge in [0.25, 0.3) is 11.5 Å². The van der Waals surface area contributed by atoms with Crippen molar-refractivity contribution in [2.45, 2.75) is 18.9 Å². The second kappa shape index (κ2) is 6.83. The smallest absolute Gasteiger partial charge is 0.331 e. The Labute approximate surface area is 144 Å². The Balaban J connectivity index is 1.87. The predicted molar refractivity (Wildman–Crippen MR) is 88.4 cm³/mol. The third-order valence-electron chi connectivity index (χ3n) is 4.87. The molecule has 3 rings (SSSR count). The van der Waals surface area contributed by atoms with Crippen molar-refractivity contribution in [3.63, 3.8) is 0 Å². The average Bonchev–Trinajstić information content (AvgIpc) is 3.12. The molecular weight excluding hydrogens is 328 g/mol. The van der Waals surface area contributed by atoms with Crippen molar-refractivity contribution in [2.24, 2.45) is 14.1 Å². The monoisotopic (exact) mass is 350 g/mol. The maximum Gasteiger partial charge on any atom is 0.331 e. The lowest BCUT2D eigenvalue weighted by atomic mass is 10.1. The van der Waals surface area contributed by atoms with Crippen molar-refractivity contribution in [1.29, 1.82) is 0 Å². The molecule has 2 fully saturated rings. The van der Waals surface area contributed by atoms with Crippen LogP contribution in [0.4, 0.5) is 0 Å². The van der Waals surface area contributed by atoms with Gasteiger partial charge in [0.1, 0.15) is 11.7 Å². The molecule has 2 amide bonds. The number of hydrogen-bond acceptors (Lipinski definition) is 5. The van der Waals surface area contributed by atoms with E-state index in [1.807, 2.05) is 0 Å². The lowest BCUT2D eigenvalue weighted by molar-refractivity contribution is -0.139. The first-order valence-electron chi connectivity index (χ1n) is 8.36. The number of morpholine rings is 1. The van der Waals surface area contributed by atoms with Crippen molar-refractivity contribution >= 4 is 11.8 Å². The fraction of sp³-hybridized carbons (Fsp3) is 0.625. The summed E-state index contributed by atoms with van der Waals surface area (Å²) in [7, 11) is 2.81. The molecule has 1 unspecified atom stereocenters. The van der Waals surface area contributed by atoms with Gasteiger partial charge in [-0.05, 0) is 12.8 Å². The molecule has 0 aliphatic carbocycles. The number of aromatic nitrogens is 2. The molecule has 0 spiro atoms. The van der Waals surface area contributed by atoms with E-state index in [1.54, 1.807) is 4.90 Å². The first-order valence-corrected chi connectivity index (χ1v) is 8.36. The summed E-state index contributed by atoms with van der Waals surface area (Å²) in [6.45, 7) is 2.46. The lowest BCUT2D eigenvalue weighted by Crippen LogP contribution is -2.52. The summed E-state index contributed by atoms with van der Waals surface area (Å²) in [6.07, 6.45) is 1.30. The Morgan fingerprint density at radius 1 is 1.08 bits per heavy atom. The molecule has 0 aromatic carbocycles.